The number of fused-ring (bicyclic) bond motifs is 3. The Hall–Kier alpha value is -3.37. The molecule has 0 aliphatic carbocycles. The van der Waals surface area contributed by atoms with E-state index in [1.165, 1.54) is 38.5 Å². The summed E-state index contributed by atoms with van der Waals surface area (Å²) in [7, 11) is 0.116. The average molecular weight is 449 g/mol. The van der Waals surface area contributed by atoms with E-state index in [-0.39, 0.29) is 0 Å². The molecule has 3 heterocycles. The SMILES string of the molecule is CC(C)c1c2c(cc3ccccc13)-c1nccc3oc([Si](C)(C)c4ccccc4)c(c13)N2C. The monoisotopic (exact) mass is 448 g/mol. The molecule has 33 heavy (non-hydrogen) atoms. The van der Waals surface area contributed by atoms with Crippen molar-refractivity contribution < 1.29 is 4.42 Å². The fourth-order valence-electron chi connectivity index (χ4n) is 5.57. The second kappa shape index (κ2) is 7.06. The van der Waals surface area contributed by atoms with Crippen LogP contribution in [0.25, 0.3) is 33.0 Å². The molecule has 4 heteroatoms. The summed E-state index contributed by atoms with van der Waals surface area (Å²) in [5.74, 6) is 0.378. The zero-order chi connectivity index (χ0) is 22.9. The van der Waals surface area contributed by atoms with Gasteiger partial charge in [0.25, 0.3) is 0 Å². The maximum absolute atomic E-state index is 6.71. The number of nitrogens with zero attached hydrogens (tertiary/aromatic N) is 2. The molecule has 1 aliphatic heterocycles. The van der Waals surface area contributed by atoms with Crippen molar-refractivity contribution in [3.05, 3.63) is 78.5 Å². The van der Waals surface area contributed by atoms with Crippen LogP contribution in [0.4, 0.5) is 11.4 Å². The molecule has 0 saturated heterocycles. The first kappa shape index (κ1) is 20.2. The van der Waals surface area contributed by atoms with Gasteiger partial charge in [0.2, 0.25) is 0 Å². The predicted octanol–water partition coefficient (Wildman–Crippen LogP) is 6.68. The minimum atomic E-state index is -2.09. The van der Waals surface area contributed by atoms with Gasteiger partial charge in [-0.05, 0) is 34.4 Å². The Labute approximate surface area is 195 Å². The molecule has 0 unspecified atom stereocenters. The van der Waals surface area contributed by atoms with Crippen LogP contribution in [0, 0.1) is 0 Å². The lowest BCUT2D eigenvalue weighted by Crippen LogP contribution is -2.53. The van der Waals surface area contributed by atoms with E-state index in [1.54, 1.807) is 0 Å². The van der Waals surface area contributed by atoms with Gasteiger partial charge in [0.15, 0.2) is 8.07 Å². The molecular formula is C29H28N2OSi. The van der Waals surface area contributed by atoms with E-state index in [0.29, 0.717) is 5.92 Å². The minimum absolute atomic E-state index is 0.378. The molecule has 0 atom stereocenters. The molecule has 0 fully saturated rings. The molecule has 2 aromatic heterocycles. The zero-order valence-corrected chi connectivity index (χ0v) is 20.8. The molecule has 1 aliphatic rings. The van der Waals surface area contributed by atoms with Gasteiger partial charge in [-0.3, -0.25) is 4.98 Å². The van der Waals surface area contributed by atoms with E-state index in [4.69, 9.17) is 9.40 Å². The first-order valence-electron chi connectivity index (χ1n) is 11.7. The molecule has 3 nitrogen and oxygen atoms in total. The number of hydrogen-bond donors (Lipinski definition) is 0. The largest absolute Gasteiger partial charge is 0.463 e. The van der Waals surface area contributed by atoms with E-state index >= 15 is 0 Å². The Balaban J connectivity index is 1.73. The van der Waals surface area contributed by atoms with Crippen LogP contribution in [0.1, 0.15) is 25.3 Å². The van der Waals surface area contributed by atoms with Crippen molar-refractivity contribution in [1.29, 1.82) is 0 Å². The van der Waals surface area contributed by atoms with E-state index < -0.39 is 8.07 Å². The molecule has 0 spiro atoms. The van der Waals surface area contributed by atoms with Crippen molar-refractivity contribution >= 4 is 51.8 Å². The molecule has 0 bridgehead atoms. The molecule has 0 N–H and O–H groups in total. The number of pyridine rings is 1. The fourth-order valence-corrected chi connectivity index (χ4v) is 8.10. The standard InChI is InChI=1S/C29H28N2OSi/c1-18(2)24-21-14-10-9-11-19(21)17-22-26-25-23(15-16-30-26)32-29(28(25)31(3)27(22)24)33(4,5)20-12-7-6-8-13-20/h6-18H,1-5H3. The number of anilines is 2. The first-order valence-corrected chi connectivity index (χ1v) is 14.7. The number of furan rings is 1. The Bertz CT molecular complexity index is 1530. The fraction of sp³-hybridized carbons (Fsp3) is 0.207. The van der Waals surface area contributed by atoms with Crippen molar-refractivity contribution in [1.82, 2.24) is 4.98 Å². The van der Waals surface area contributed by atoms with Crippen LogP contribution in [0.5, 0.6) is 0 Å². The summed E-state index contributed by atoms with van der Waals surface area (Å²) in [6.07, 6.45) is 1.89. The number of hydrogen-bond acceptors (Lipinski definition) is 3. The van der Waals surface area contributed by atoms with Gasteiger partial charge in [-0.15, -0.1) is 0 Å². The highest BCUT2D eigenvalue weighted by molar-refractivity contribution is 7.00. The van der Waals surface area contributed by atoms with Crippen molar-refractivity contribution in [2.75, 3.05) is 11.9 Å². The van der Waals surface area contributed by atoms with Crippen molar-refractivity contribution in [3.8, 4) is 11.3 Å². The molecule has 0 radical (unpaired) electrons. The van der Waals surface area contributed by atoms with Crippen molar-refractivity contribution in [3.63, 3.8) is 0 Å². The van der Waals surface area contributed by atoms with Crippen LogP contribution in [-0.2, 0) is 0 Å². The highest BCUT2D eigenvalue weighted by atomic mass is 28.3. The van der Waals surface area contributed by atoms with Gasteiger partial charge in [0.05, 0.1) is 22.5 Å². The summed E-state index contributed by atoms with van der Waals surface area (Å²) < 4.78 is 6.71. The van der Waals surface area contributed by atoms with Crippen LogP contribution < -0.4 is 15.5 Å². The highest BCUT2D eigenvalue weighted by Gasteiger charge is 2.39. The average Bonchev–Trinajstić information content (AvgIpc) is 3.23. The highest BCUT2D eigenvalue weighted by Crippen LogP contribution is 2.51. The minimum Gasteiger partial charge on any atom is -0.463 e. The normalized spacial score (nSPS) is 13.2. The van der Waals surface area contributed by atoms with E-state index in [9.17, 15) is 0 Å². The molecule has 164 valence electrons. The maximum atomic E-state index is 6.71. The summed E-state index contributed by atoms with van der Waals surface area (Å²) in [5, 5.41) is 6.21. The van der Waals surface area contributed by atoms with Crippen LogP contribution in [0.2, 0.25) is 13.1 Å². The van der Waals surface area contributed by atoms with E-state index in [2.05, 4.69) is 99.6 Å². The lowest BCUT2D eigenvalue weighted by atomic mass is 9.87. The quantitative estimate of drug-likeness (QED) is 0.288. The molecule has 5 aromatic rings. The Kier molecular flexibility index (Phi) is 4.33. The topological polar surface area (TPSA) is 29.3 Å². The van der Waals surface area contributed by atoms with Gasteiger partial charge in [-0.25, -0.2) is 0 Å². The number of rotatable bonds is 3. The molecule has 0 amide bonds. The molecule has 6 rings (SSSR count). The van der Waals surface area contributed by atoms with Gasteiger partial charge in [-0.1, -0.05) is 86.7 Å². The Morgan fingerprint density at radius 2 is 1.64 bits per heavy atom. The summed E-state index contributed by atoms with van der Waals surface area (Å²) in [5.41, 5.74) is 7.00. The van der Waals surface area contributed by atoms with Gasteiger partial charge >= 0.3 is 0 Å². The smallest absolute Gasteiger partial charge is 0.159 e. The Morgan fingerprint density at radius 3 is 2.39 bits per heavy atom. The summed E-state index contributed by atoms with van der Waals surface area (Å²) in [4.78, 5) is 7.31. The lowest BCUT2D eigenvalue weighted by Gasteiger charge is -2.33. The lowest BCUT2D eigenvalue weighted by molar-refractivity contribution is 0.648. The first-order chi connectivity index (χ1) is 15.9. The van der Waals surface area contributed by atoms with Crippen molar-refractivity contribution in [2.45, 2.75) is 32.9 Å². The summed E-state index contributed by atoms with van der Waals surface area (Å²) in [6, 6.07) is 23.9. The van der Waals surface area contributed by atoms with E-state index in [0.717, 1.165) is 22.0 Å². The second-order valence-electron chi connectivity index (χ2n) is 9.92. The van der Waals surface area contributed by atoms with Gasteiger partial charge < -0.3 is 9.32 Å². The van der Waals surface area contributed by atoms with Crippen LogP contribution >= 0.6 is 0 Å². The van der Waals surface area contributed by atoms with Crippen LogP contribution in [0.3, 0.4) is 0 Å². The third-order valence-electron chi connectivity index (χ3n) is 7.20. The van der Waals surface area contributed by atoms with Crippen LogP contribution in [0.15, 0.2) is 77.3 Å². The van der Waals surface area contributed by atoms with Crippen molar-refractivity contribution in [2.24, 2.45) is 0 Å². The third kappa shape index (κ3) is 2.77. The maximum Gasteiger partial charge on any atom is 0.159 e. The van der Waals surface area contributed by atoms with E-state index in [1.807, 2.05) is 12.3 Å². The number of aromatic nitrogens is 1. The van der Waals surface area contributed by atoms with Gasteiger partial charge in [-0.2, -0.15) is 0 Å². The third-order valence-corrected chi connectivity index (χ3v) is 10.5. The predicted molar refractivity (Wildman–Crippen MR) is 142 cm³/mol. The summed E-state index contributed by atoms with van der Waals surface area (Å²) >= 11 is 0. The van der Waals surface area contributed by atoms with Gasteiger partial charge in [0.1, 0.15) is 11.0 Å². The number of benzene rings is 3. The zero-order valence-electron chi connectivity index (χ0n) is 19.8. The van der Waals surface area contributed by atoms with Gasteiger partial charge in [0, 0.05) is 18.8 Å². The summed E-state index contributed by atoms with van der Waals surface area (Å²) in [6.45, 7) is 9.35. The molecule has 3 aromatic carbocycles. The Morgan fingerprint density at radius 1 is 0.909 bits per heavy atom. The molecule has 0 saturated carbocycles. The molecular weight excluding hydrogens is 420 g/mol. The van der Waals surface area contributed by atoms with Crippen LogP contribution in [-0.4, -0.2) is 20.1 Å². The second-order valence-corrected chi connectivity index (χ2v) is 14.2.